The van der Waals surface area contributed by atoms with Gasteiger partial charge in [0.15, 0.2) is 0 Å². The van der Waals surface area contributed by atoms with Crippen LogP contribution in [0.2, 0.25) is 5.02 Å². The molecular weight excluding hydrogens is 294 g/mol. The summed E-state index contributed by atoms with van der Waals surface area (Å²) < 4.78 is 0. The Hall–Kier alpha value is 0.270. The van der Waals surface area contributed by atoms with Crippen LogP contribution >= 0.6 is 39.3 Å². The van der Waals surface area contributed by atoms with Crippen LogP contribution in [0.15, 0.2) is 23.4 Å². The lowest BCUT2D eigenvalue weighted by atomic mass is 10.1. The minimum absolute atomic E-state index is 0.760. The molecule has 1 nitrogen and oxygen atoms in total. The molecule has 0 bridgehead atoms. The molecule has 1 atom stereocenters. The zero-order valence-corrected chi connectivity index (χ0v) is 11.9. The quantitative estimate of drug-likeness (QED) is 0.561. The lowest BCUT2D eigenvalue weighted by Gasteiger charge is -2.08. The highest BCUT2D eigenvalue weighted by Gasteiger charge is 2.04. The second-order valence-electron chi connectivity index (χ2n) is 3.51. The molecule has 0 aliphatic heterocycles. The molecule has 1 aromatic heterocycles. The molecule has 84 valence electrons. The Morgan fingerprint density at radius 2 is 2.33 bits per heavy atom. The molecule has 1 aromatic rings. The highest BCUT2D eigenvalue weighted by Crippen LogP contribution is 2.26. The summed E-state index contributed by atoms with van der Waals surface area (Å²) in [6, 6.07) is 3.75. The first-order chi connectivity index (χ1) is 7.24. The van der Waals surface area contributed by atoms with Gasteiger partial charge in [0, 0.05) is 11.5 Å². The summed E-state index contributed by atoms with van der Waals surface area (Å²) in [5.74, 6) is 1.85. The van der Waals surface area contributed by atoms with E-state index in [0.29, 0.717) is 0 Å². The summed E-state index contributed by atoms with van der Waals surface area (Å²) in [7, 11) is 0. The van der Waals surface area contributed by atoms with Crippen LogP contribution in [0.1, 0.15) is 19.8 Å². The Morgan fingerprint density at radius 3 is 3.00 bits per heavy atom. The largest absolute Gasteiger partial charge is 0.248 e. The highest BCUT2D eigenvalue weighted by molar-refractivity contribution is 9.09. The van der Waals surface area contributed by atoms with Gasteiger partial charge in [-0.3, -0.25) is 0 Å². The number of alkyl halides is 1. The second kappa shape index (κ2) is 7.53. The lowest BCUT2D eigenvalue weighted by molar-refractivity contribution is 0.555. The van der Waals surface area contributed by atoms with Gasteiger partial charge < -0.3 is 0 Å². The van der Waals surface area contributed by atoms with Gasteiger partial charge in [-0.2, -0.15) is 0 Å². The Labute approximate surface area is 109 Å². The fraction of sp³-hybridized carbons (Fsp3) is 0.545. The number of hydrogen-bond donors (Lipinski definition) is 0. The Kier molecular flexibility index (Phi) is 6.69. The van der Waals surface area contributed by atoms with Crippen molar-refractivity contribution in [2.45, 2.75) is 24.8 Å². The number of thioether (sulfide) groups is 1. The first kappa shape index (κ1) is 13.3. The normalized spacial score (nSPS) is 12.7. The fourth-order valence-corrected chi connectivity index (χ4v) is 3.29. The summed E-state index contributed by atoms with van der Waals surface area (Å²) >= 11 is 11.2. The molecule has 1 rings (SSSR count). The molecule has 1 unspecified atom stereocenters. The number of aromatic nitrogens is 1. The van der Waals surface area contributed by atoms with E-state index < -0.39 is 0 Å². The highest BCUT2D eigenvalue weighted by atomic mass is 79.9. The van der Waals surface area contributed by atoms with Crippen LogP contribution in [0.4, 0.5) is 0 Å². The van der Waals surface area contributed by atoms with Gasteiger partial charge in [-0.05, 0) is 36.6 Å². The van der Waals surface area contributed by atoms with Crippen LogP contribution in [-0.4, -0.2) is 16.1 Å². The maximum atomic E-state index is 6.01. The van der Waals surface area contributed by atoms with Crippen LogP contribution in [-0.2, 0) is 0 Å². The van der Waals surface area contributed by atoms with E-state index in [2.05, 4.69) is 27.8 Å². The van der Waals surface area contributed by atoms with Gasteiger partial charge in [0.25, 0.3) is 0 Å². The average molecular weight is 309 g/mol. The van der Waals surface area contributed by atoms with E-state index in [-0.39, 0.29) is 0 Å². The number of nitrogens with zero attached hydrogens (tertiary/aromatic N) is 1. The topological polar surface area (TPSA) is 12.9 Å². The number of halogens is 2. The van der Waals surface area contributed by atoms with E-state index in [1.807, 2.05) is 12.1 Å². The van der Waals surface area contributed by atoms with Crippen molar-refractivity contribution in [1.82, 2.24) is 4.98 Å². The van der Waals surface area contributed by atoms with E-state index in [1.54, 1.807) is 18.0 Å². The molecule has 0 radical (unpaired) electrons. The third-order valence-electron chi connectivity index (χ3n) is 2.18. The van der Waals surface area contributed by atoms with Crippen molar-refractivity contribution in [3.05, 3.63) is 23.4 Å². The molecule has 0 aliphatic rings. The first-order valence-electron chi connectivity index (χ1n) is 5.03. The van der Waals surface area contributed by atoms with Gasteiger partial charge in [-0.1, -0.05) is 34.5 Å². The Balaban J connectivity index is 2.29. The molecule has 0 saturated heterocycles. The zero-order chi connectivity index (χ0) is 11.1. The monoisotopic (exact) mass is 307 g/mol. The van der Waals surface area contributed by atoms with E-state index in [9.17, 15) is 0 Å². The first-order valence-corrected chi connectivity index (χ1v) is 7.52. The lowest BCUT2D eigenvalue weighted by Crippen LogP contribution is -1.97. The molecule has 0 saturated carbocycles. The SMILES string of the molecule is CC(CCBr)CCSc1ncccc1Cl. The predicted octanol–water partition coefficient (Wildman–Crippen LogP) is 4.64. The van der Waals surface area contributed by atoms with Crippen molar-refractivity contribution in [2.75, 3.05) is 11.1 Å². The third kappa shape index (κ3) is 5.23. The van der Waals surface area contributed by atoms with Crippen molar-refractivity contribution < 1.29 is 0 Å². The maximum Gasteiger partial charge on any atom is 0.115 e. The van der Waals surface area contributed by atoms with Gasteiger partial charge in [-0.15, -0.1) is 11.8 Å². The number of rotatable bonds is 6. The van der Waals surface area contributed by atoms with Gasteiger partial charge in [0.05, 0.1) is 5.02 Å². The molecule has 15 heavy (non-hydrogen) atoms. The van der Waals surface area contributed by atoms with Crippen LogP contribution in [0.3, 0.4) is 0 Å². The van der Waals surface area contributed by atoms with Crippen molar-refractivity contribution >= 4 is 39.3 Å². The molecule has 0 aromatic carbocycles. The van der Waals surface area contributed by atoms with Crippen molar-refractivity contribution in [3.8, 4) is 0 Å². The van der Waals surface area contributed by atoms with Crippen LogP contribution < -0.4 is 0 Å². The molecule has 4 heteroatoms. The van der Waals surface area contributed by atoms with Gasteiger partial charge in [0.1, 0.15) is 5.03 Å². The minimum atomic E-state index is 0.760. The Morgan fingerprint density at radius 1 is 1.53 bits per heavy atom. The van der Waals surface area contributed by atoms with E-state index >= 15 is 0 Å². The van der Waals surface area contributed by atoms with Crippen LogP contribution in [0, 0.1) is 5.92 Å². The van der Waals surface area contributed by atoms with Gasteiger partial charge in [0.2, 0.25) is 0 Å². The smallest absolute Gasteiger partial charge is 0.115 e. The summed E-state index contributed by atoms with van der Waals surface area (Å²) in [5, 5.41) is 2.80. The maximum absolute atomic E-state index is 6.01. The molecular formula is C11H15BrClNS. The van der Waals surface area contributed by atoms with Crippen LogP contribution in [0.5, 0.6) is 0 Å². The molecule has 0 fully saturated rings. The van der Waals surface area contributed by atoms with E-state index in [4.69, 9.17) is 11.6 Å². The standard InChI is InChI=1S/C11H15BrClNS/c1-9(4-6-12)5-8-15-11-10(13)3-2-7-14-11/h2-3,7,9H,4-6,8H2,1H3. The Bertz CT molecular complexity index is 296. The second-order valence-corrected chi connectivity index (χ2v) is 5.79. The molecule has 0 aliphatic carbocycles. The van der Waals surface area contributed by atoms with Gasteiger partial charge in [-0.25, -0.2) is 4.98 Å². The summed E-state index contributed by atoms with van der Waals surface area (Å²) in [6.07, 6.45) is 4.23. The van der Waals surface area contributed by atoms with E-state index in [0.717, 1.165) is 27.0 Å². The molecule has 1 heterocycles. The summed E-state index contributed by atoms with van der Waals surface area (Å²) in [6.45, 7) is 2.28. The van der Waals surface area contributed by atoms with E-state index in [1.165, 1.54) is 12.8 Å². The summed E-state index contributed by atoms with van der Waals surface area (Å²) in [4.78, 5) is 4.24. The zero-order valence-electron chi connectivity index (χ0n) is 8.75. The molecule has 0 spiro atoms. The van der Waals surface area contributed by atoms with Crippen molar-refractivity contribution in [1.29, 1.82) is 0 Å². The predicted molar refractivity (Wildman–Crippen MR) is 72.2 cm³/mol. The fourth-order valence-electron chi connectivity index (χ4n) is 1.16. The molecule has 0 N–H and O–H groups in total. The molecule has 0 amide bonds. The summed E-state index contributed by atoms with van der Waals surface area (Å²) in [5.41, 5.74) is 0. The van der Waals surface area contributed by atoms with Crippen molar-refractivity contribution in [2.24, 2.45) is 5.92 Å². The average Bonchev–Trinajstić information content (AvgIpc) is 2.21. The van der Waals surface area contributed by atoms with Gasteiger partial charge >= 0.3 is 0 Å². The number of pyridine rings is 1. The number of hydrogen-bond acceptors (Lipinski definition) is 2. The minimum Gasteiger partial charge on any atom is -0.248 e. The van der Waals surface area contributed by atoms with Crippen molar-refractivity contribution in [3.63, 3.8) is 0 Å². The van der Waals surface area contributed by atoms with Crippen LogP contribution in [0.25, 0.3) is 0 Å². The third-order valence-corrected chi connectivity index (χ3v) is 4.09.